The molecule has 1 aliphatic rings. The van der Waals surface area contributed by atoms with Gasteiger partial charge in [-0.15, -0.1) is 0 Å². The van der Waals surface area contributed by atoms with Crippen molar-refractivity contribution in [3.05, 3.63) is 137 Å². The third-order valence-corrected chi connectivity index (χ3v) is 8.53. The van der Waals surface area contributed by atoms with Crippen LogP contribution in [0.2, 0.25) is 0 Å². The molecule has 1 unspecified atom stereocenters. The maximum Gasteiger partial charge on any atom is 0.136 e. The molecule has 35 heavy (non-hydrogen) atoms. The van der Waals surface area contributed by atoms with Crippen molar-refractivity contribution in [1.82, 2.24) is 4.48 Å². The van der Waals surface area contributed by atoms with Gasteiger partial charge < -0.3 is 12.4 Å². The first-order valence-corrected chi connectivity index (χ1v) is 12.4. The molecule has 0 bridgehead atoms. The van der Waals surface area contributed by atoms with E-state index in [0.29, 0.717) is 5.92 Å². The number of rotatable bonds is 4. The lowest BCUT2D eigenvalue weighted by Crippen LogP contribution is -3.00. The Labute approximate surface area is 217 Å². The highest BCUT2D eigenvalue weighted by Gasteiger charge is 2.47. The molecule has 4 aromatic carbocycles. The van der Waals surface area contributed by atoms with Crippen LogP contribution in [0.3, 0.4) is 0 Å². The van der Waals surface area contributed by atoms with Crippen molar-refractivity contribution in [3.8, 4) is 0 Å². The van der Waals surface area contributed by atoms with E-state index in [1.807, 2.05) is 0 Å². The second-order valence-corrected chi connectivity index (χ2v) is 11.0. The van der Waals surface area contributed by atoms with E-state index in [1.165, 1.54) is 39.9 Å². The summed E-state index contributed by atoms with van der Waals surface area (Å²) in [4.78, 5) is 0. The van der Waals surface area contributed by atoms with E-state index in [2.05, 4.69) is 144 Å². The molecule has 0 saturated heterocycles. The van der Waals surface area contributed by atoms with Crippen LogP contribution in [0.4, 0.5) is 5.69 Å². The Kier molecular flexibility index (Phi) is 6.70. The molecular weight excluding hydrogens is 446 g/mol. The van der Waals surface area contributed by atoms with Crippen molar-refractivity contribution < 1.29 is 12.4 Å². The Morgan fingerprint density at radius 2 is 1.09 bits per heavy atom. The summed E-state index contributed by atoms with van der Waals surface area (Å²) < 4.78 is 0.905. The van der Waals surface area contributed by atoms with Crippen molar-refractivity contribution in [2.45, 2.75) is 44.1 Å². The number of halogens is 1. The smallest absolute Gasteiger partial charge is 0.136 e. The quantitative estimate of drug-likeness (QED) is 0.286. The third-order valence-electron chi connectivity index (χ3n) is 8.53. The third kappa shape index (κ3) is 3.92. The van der Waals surface area contributed by atoms with Crippen LogP contribution in [0, 0.1) is 0 Å². The zero-order chi connectivity index (χ0) is 24.0. The minimum atomic E-state index is -0.386. The van der Waals surface area contributed by atoms with Crippen molar-refractivity contribution in [2.75, 3.05) is 14.1 Å². The van der Waals surface area contributed by atoms with Gasteiger partial charge in [-0.25, -0.2) is 0 Å². The van der Waals surface area contributed by atoms with E-state index in [9.17, 15) is 0 Å². The van der Waals surface area contributed by atoms with Crippen LogP contribution in [0.25, 0.3) is 0 Å². The second kappa shape index (κ2) is 9.30. The SMILES string of the molecule is CC1CC(C)(C)[N+](C)(C)c2ccc(C(c3ccccc3)(c3ccccc3)c3ccccc3)cc21.[Cl-]. The molecule has 2 heteroatoms. The molecule has 180 valence electrons. The zero-order valence-electron chi connectivity index (χ0n) is 21.5. The molecule has 0 saturated carbocycles. The van der Waals surface area contributed by atoms with Gasteiger partial charge in [-0.05, 0) is 54.2 Å². The minimum Gasteiger partial charge on any atom is -1.00 e. The molecule has 0 radical (unpaired) electrons. The summed E-state index contributed by atoms with van der Waals surface area (Å²) in [6, 6.07) is 40.3. The molecule has 0 N–H and O–H groups in total. The molecule has 1 nitrogen and oxygen atoms in total. The molecule has 0 amide bonds. The molecule has 4 aromatic rings. The predicted octanol–water partition coefficient (Wildman–Crippen LogP) is 4.93. The Hall–Kier alpha value is -2.87. The van der Waals surface area contributed by atoms with Crippen LogP contribution in [0.1, 0.15) is 60.9 Å². The van der Waals surface area contributed by atoms with Gasteiger partial charge in [0, 0.05) is 12.0 Å². The summed E-state index contributed by atoms with van der Waals surface area (Å²) in [5.41, 5.74) is 7.96. The van der Waals surface area contributed by atoms with Crippen molar-refractivity contribution in [2.24, 2.45) is 0 Å². The summed E-state index contributed by atoms with van der Waals surface area (Å²) in [6.45, 7) is 7.21. The lowest BCUT2D eigenvalue weighted by atomic mass is 9.64. The summed E-state index contributed by atoms with van der Waals surface area (Å²) >= 11 is 0. The van der Waals surface area contributed by atoms with Crippen LogP contribution in [0.5, 0.6) is 0 Å². The Balaban J connectivity index is 0.00000289. The monoisotopic (exact) mass is 481 g/mol. The van der Waals surface area contributed by atoms with Gasteiger partial charge in [-0.3, -0.25) is 4.48 Å². The number of quaternary nitrogens is 1. The van der Waals surface area contributed by atoms with E-state index < -0.39 is 0 Å². The van der Waals surface area contributed by atoms with Crippen LogP contribution in [0.15, 0.2) is 109 Å². The van der Waals surface area contributed by atoms with Gasteiger partial charge in [0.25, 0.3) is 0 Å². The first kappa shape index (κ1) is 25.2. The largest absolute Gasteiger partial charge is 1.00 e. The van der Waals surface area contributed by atoms with Gasteiger partial charge in [0.2, 0.25) is 0 Å². The van der Waals surface area contributed by atoms with Crippen molar-refractivity contribution >= 4 is 5.69 Å². The lowest BCUT2D eigenvalue weighted by Gasteiger charge is -2.50. The van der Waals surface area contributed by atoms with Crippen LogP contribution >= 0.6 is 0 Å². The fraction of sp³-hybridized carbons (Fsp3) is 0.273. The van der Waals surface area contributed by atoms with Gasteiger partial charge >= 0.3 is 0 Å². The number of hydrogen-bond donors (Lipinski definition) is 0. The molecule has 0 spiro atoms. The highest BCUT2D eigenvalue weighted by atomic mass is 35.5. The molecule has 1 heterocycles. The number of fused-ring (bicyclic) bond motifs is 1. The van der Waals surface area contributed by atoms with Crippen LogP contribution in [-0.4, -0.2) is 19.6 Å². The van der Waals surface area contributed by atoms with E-state index in [4.69, 9.17) is 0 Å². The molecule has 1 aliphatic heterocycles. The molecule has 0 aromatic heterocycles. The van der Waals surface area contributed by atoms with E-state index >= 15 is 0 Å². The standard InChI is InChI=1S/C33H36N.ClH/c1-25-24-32(2,3)34(4,5)31-22-21-29(23-30(25)31)33(26-15-9-6-10-16-26,27-17-11-7-12-18-27)28-19-13-8-14-20-28;/h6-23,25H,24H2,1-5H3;1H/q+1;/p-1. The molecule has 1 atom stereocenters. The first-order valence-electron chi connectivity index (χ1n) is 12.4. The van der Waals surface area contributed by atoms with Gasteiger partial charge in [0.15, 0.2) is 0 Å². The molecule has 0 aliphatic carbocycles. The Morgan fingerprint density at radius 1 is 0.657 bits per heavy atom. The fourth-order valence-electron chi connectivity index (χ4n) is 6.17. The second-order valence-electron chi connectivity index (χ2n) is 11.0. The maximum absolute atomic E-state index is 2.52. The number of hydrogen-bond acceptors (Lipinski definition) is 0. The maximum atomic E-state index is 2.52. The van der Waals surface area contributed by atoms with Gasteiger partial charge in [0.05, 0.1) is 25.0 Å². The summed E-state index contributed by atoms with van der Waals surface area (Å²) in [5.74, 6) is 0.510. The van der Waals surface area contributed by atoms with Gasteiger partial charge in [0.1, 0.15) is 5.69 Å². The number of nitrogens with zero attached hydrogens (tertiary/aromatic N) is 1. The van der Waals surface area contributed by atoms with Crippen LogP contribution in [-0.2, 0) is 5.41 Å². The Morgan fingerprint density at radius 3 is 1.51 bits per heavy atom. The molecule has 5 rings (SSSR count). The van der Waals surface area contributed by atoms with Gasteiger partial charge in [-0.1, -0.05) is 104 Å². The average molecular weight is 482 g/mol. The average Bonchev–Trinajstić information content (AvgIpc) is 2.85. The van der Waals surface area contributed by atoms with Crippen LogP contribution < -0.4 is 16.9 Å². The lowest BCUT2D eigenvalue weighted by molar-refractivity contribution is -0.00000726. The van der Waals surface area contributed by atoms with E-state index in [0.717, 1.165) is 4.48 Å². The summed E-state index contributed by atoms with van der Waals surface area (Å²) in [5, 5.41) is 0. The highest BCUT2D eigenvalue weighted by Crippen LogP contribution is 2.50. The zero-order valence-corrected chi connectivity index (χ0v) is 22.3. The fourth-order valence-corrected chi connectivity index (χ4v) is 6.17. The van der Waals surface area contributed by atoms with Gasteiger partial charge in [-0.2, -0.15) is 0 Å². The summed E-state index contributed by atoms with van der Waals surface area (Å²) in [6.07, 6.45) is 1.17. The molecule has 0 fully saturated rings. The molecular formula is C33H36ClN. The van der Waals surface area contributed by atoms with Crippen molar-refractivity contribution in [1.29, 1.82) is 0 Å². The van der Waals surface area contributed by atoms with E-state index in [-0.39, 0.29) is 23.4 Å². The summed E-state index contributed by atoms with van der Waals surface area (Å²) in [7, 11) is 4.73. The topological polar surface area (TPSA) is 0 Å². The predicted molar refractivity (Wildman–Crippen MR) is 146 cm³/mol. The normalized spacial score (nSPS) is 18.3. The minimum absolute atomic E-state index is 0. The Bertz CT molecular complexity index is 1180. The highest BCUT2D eigenvalue weighted by molar-refractivity contribution is 5.64. The number of benzene rings is 4. The van der Waals surface area contributed by atoms with Crippen molar-refractivity contribution in [3.63, 3.8) is 0 Å². The first-order chi connectivity index (χ1) is 16.3. The van der Waals surface area contributed by atoms with E-state index in [1.54, 1.807) is 0 Å².